The topological polar surface area (TPSA) is 110 Å². The monoisotopic (exact) mass is 459 g/mol. The number of carbonyl (C=O) groups excluding carboxylic acids is 1. The molecule has 0 aliphatic rings. The predicted molar refractivity (Wildman–Crippen MR) is 131 cm³/mol. The van der Waals surface area contributed by atoms with Gasteiger partial charge < -0.3 is 25.7 Å². The maximum absolute atomic E-state index is 12.1. The van der Waals surface area contributed by atoms with Gasteiger partial charge in [-0.25, -0.2) is 0 Å². The second-order valence-electron chi connectivity index (χ2n) is 9.40. The first-order valence-electron chi connectivity index (χ1n) is 13.4. The zero-order chi connectivity index (χ0) is 24.0. The van der Waals surface area contributed by atoms with E-state index in [1.807, 2.05) is 0 Å². The van der Waals surface area contributed by atoms with E-state index in [0.717, 1.165) is 44.9 Å². The summed E-state index contributed by atoms with van der Waals surface area (Å²) in [6.45, 7) is 3.86. The molecule has 32 heavy (non-hydrogen) atoms. The Bertz CT molecular complexity index is 421. The van der Waals surface area contributed by atoms with E-state index < -0.39 is 36.9 Å². The summed E-state index contributed by atoms with van der Waals surface area (Å²) < 4.78 is 0. The van der Waals surface area contributed by atoms with E-state index in [4.69, 9.17) is 0 Å². The minimum atomic E-state index is -1.25. The van der Waals surface area contributed by atoms with Gasteiger partial charge >= 0.3 is 0 Å². The van der Waals surface area contributed by atoms with Crippen LogP contribution in [0.2, 0.25) is 0 Å². The molecule has 0 radical (unpaired) electrons. The molecule has 4 atom stereocenters. The van der Waals surface area contributed by atoms with Gasteiger partial charge in [0.05, 0.1) is 18.8 Å². The largest absolute Gasteiger partial charge is 0.394 e. The number of amides is 1. The molecule has 1 amide bonds. The lowest BCUT2D eigenvalue weighted by Gasteiger charge is -2.27. The zero-order valence-electron chi connectivity index (χ0n) is 20.9. The quantitative estimate of drug-likeness (QED) is 0.143. The maximum Gasteiger partial charge on any atom is 0.249 e. The van der Waals surface area contributed by atoms with Crippen LogP contribution in [0, 0.1) is 0 Å². The Morgan fingerprint density at radius 1 is 0.656 bits per heavy atom. The van der Waals surface area contributed by atoms with E-state index in [1.54, 1.807) is 0 Å². The maximum atomic E-state index is 12.1. The summed E-state index contributed by atoms with van der Waals surface area (Å²) in [5.41, 5.74) is 0. The summed E-state index contributed by atoms with van der Waals surface area (Å²) >= 11 is 0. The number of unbranched alkanes of at least 4 members (excludes halogenated alkanes) is 14. The molecule has 0 aromatic carbocycles. The molecule has 5 N–H and O–H groups in total. The van der Waals surface area contributed by atoms with Crippen molar-refractivity contribution in [3.8, 4) is 0 Å². The second-order valence-corrected chi connectivity index (χ2v) is 9.40. The highest BCUT2D eigenvalue weighted by molar-refractivity contribution is 5.80. The average molecular weight is 460 g/mol. The smallest absolute Gasteiger partial charge is 0.249 e. The van der Waals surface area contributed by atoms with Crippen molar-refractivity contribution in [1.29, 1.82) is 0 Å². The van der Waals surface area contributed by atoms with Gasteiger partial charge in [0.25, 0.3) is 0 Å². The van der Waals surface area contributed by atoms with Crippen molar-refractivity contribution >= 4 is 5.91 Å². The Kier molecular flexibility index (Phi) is 21.6. The van der Waals surface area contributed by atoms with Gasteiger partial charge in [0.1, 0.15) is 12.2 Å². The van der Waals surface area contributed by atoms with Gasteiger partial charge in [-0.05, 0) is 12.8 Å². The number of hydrogen-bond acceptors (Lipinski definition) is 5. The van der Waals surface area contributed by atoms with Gasteiger partial charge in [-0.1, -0.05) is 117 Å². The molecule has 6 heteroatoms. The summed E-state index contributed by atoms with van der Waals surface area (Å²) in [6, 6.07) is -0.972. The Morgan fingerprint density at radius 3 is 1.53 bits per heavy atom. The highest BCUT2D eigenvalue weighted by atomic mass is 16.3. The first-order chi connectivity index (χ1) is 15.5. The molecule has 0 aliphatic carbocycles. The third-order valence-corrected chi connectivity index (χ3v) is 6.32. The number of aliphatic hydroxyl groups is 4. The van der Waals surface area contributed by atoms with E-state index in [2.05, 4.69) is 19.2 Å². The minimum absolute atomic E-state index is 0.363. The van der Waals surface area contributed by atoms with Crippen molar-refractivity contribution in [1.82, 2.24) is 5.32 Å². The molecular formula is C26H53NO5. The van der Waals surface area contributed by atoms with E-state index in [-0.39, 0.29) is 0 Å². The van der Waals surface area contributed by atoms with Crippen LogP contribution in [0.3, 0.4) is 0 Å². The van der Waals surface area contributed by atoms with Gasteiger partial charge in [0.15, 0.2) is 0 Å². The van der Waals surface area contributed by atoms with Gasteiger partial charge in [0, 0.05) is 0 Å². The van der Waals surface area contributed by atoms with E-state index in [0.29, 0.717) is 12.8 Å². The summed E-state index contributed by atoms with van der Waals surface area (Å²) in [6.07, 6.45) is 16.0. The molecule has 0 bridgehead atoms. The van der Waals surface area contributed by atoms with Gasteiger partial charge in [-0.3, -0.25) is 4.79 Å². The van der Waals surface area contributed by atoms with Crippen LogP contribution in [-0.4, -0.2) is 57.3 Å². The summed E-state index contributed by atoms with van der Waals surface area (Å²) in [7, 11) is 0. The fourth-order valence-corrected chi connectivity index (χ4v) is 4.05. The zero-order valence-corrected chi connectivity index (χ0v) is 20.9. The van der Waals surface area contributed by atoms with Crippen LogP contribution in [-0.2, 0) is 4.79 Å². The van der Waals surface area contributed by atoms with Crippen LogP contribution in [0.25, 0.3) is 0 Å². The first kappa shape index (κ1) is 31.3. The lowest BCUT2D eigenvalue weighted by atomic mass is 9.99. The lowest BCUT2D eigenvalue weighted by molar-refractivity contribution is -0.132. The molecule has 0 fully saturated rings. The predicted octanol–water partition coefficient (Wildman–Crippen LogP) is 4.61. The summed E-state index contributed by atoms with van der Waals surface area (Å²) in [4.78, 5) is 12.1. The lowest BCUT2D eigenvalue weighted by Crippen LogP contribution is -2.53. The number of aliphatic hydroxyl groups excluding tert-OH is 4. The Labute approximate surface area is 197 Å². The second kappa shape index (κ2) is 22.1. The SMILES string of the molecule is CCCCCCCCCCCCCC[C@@H](O)[C@@H](O)[C@H](CO)NC(=O)C(O)CCCCCC. The summed E-state index contributed by atoms with van der Waals surface area (Å²) in [5, 5.41) is 42.6. The van der Waals surface area contributed by atoms with Crippen LogP contribution in [0.5, 0.6) is 0 Å². The molecule has 1 unspecified atom stereocenters. The molecular weight excluding hydrogens is 406 g/mol. The number of hydrogen-bond donors (Lipinski definition) is 5. The average Bonchev–Trinajstić information content (AvgIpc) is 2.80. The van der Waals surface area contributed by atoms with Crippen LogP contribution in [0.15, 0.2) is 0 Å². The Hall–Kier alpha value is -0.690. The third kappa shape index (κ3) is 16.9. The molecule has 0 saturated carbocycles. The molecule has 0 aromatic rings. The fourth-order valence-electron chi connectivity index (χ4n) is 4.05. The molecule has 0 heterocycles. The van der Waals surface area contributed by atoms with Gasteiger partial charge in [-0.15, -0.1) is 0 Å². The van der Waals surface area contributed by atoms with Crippen molar-refractivity contribution < 1.29 is 25.2 Å². The molecule has 6 nitrogen and oxygen atoms in total. The van der Waals surface area contributed by atoms with Crippen molar-refractivity contribution in [2.45, 2.75) is 154 Å². The highest BCUT2D eigenvalue weighted by Crippen LogP contribution is 2.15. The standard InChI is InChI=1S/C26H53NO5/c1-3-5-7-9-10-11-12-13-14-15-16-18-19-23(29)25(31)22(21-28)27-26(32)24(30)20-17-8-6-4-2/h22-25,28-31H,3-21H2,1-2H3,(H,27,32)/t22-,23+,24?,25-/m0/s1. The molecule has 0 aliphatic heterocycles. The molecule has 0 aromatic heterocycles. The number of rotatable bonds is 23. The van der Waals surface area contributed by atoms with Crippen molar-refractivity contribution in [2.75, 3.05) is 6.61 Å². The third-order valence-electron chi connectivity index (χ3n) is 6.32. The molecule has 0 rings (SSSR count). The van der Waals surface area contributed by atoms with Gasteiger partial charge in [0.2, 0.25) is 5.91 Å². The molecule has 192 valence electrons. The Balaban J connectivity index is 3.89. The van der Waals surface area contributed by atoms with E-state index in [1.165, 1.54) is 57.8 Å². The minimum Gasteiger partial charge on any atom is -0.394 e. The van der Waals surface area contributed by atoms with Crippen molar-refractivity contribution in [2.24, 2.45) is 0 Å². The highest BCUT2D eigenvalue weighted by Gasteiger charge is 2.28. The normalized spacial score (nSPS) is 15.3. The number of carbonyl (C=O) groups is 1. The van der Waals surface area contributed by atoms with E-state index in [9.17, 15) is 25.2 Å². The van der Waals surface area contributed by atoms with E-state index >= 15 is 0 Å². The number of nitrogens with one attached hydrogen (secondary N) is 1. The van der Waals surface area contributed by atoms with Crippen molar-refractivity contribution in [3.05, 3.63) is 0 Å². The van der Waals surface area contributed by atoms with Crippen LogP contribution in [0.4, 0.5) is 0 Å². The van der Waals surface area contributed by atoms with Crippen LogP contribution >= 0.6 is 0 Å². The molecule has 0 saturated heterocycles. The van der Waals surface area contributed by atoms with Crippen LogP contribution < -0.4 is 5.32 Å². The summed E-state index contributed by atoms with van der Waals surface area (Å²) in [5.74, 6) is -0.600. The fraction of sp³-hybridized carbons (Fsp3) is 0.962. The Morgan fingerprint density at radius 2 is 1.06 bits per heavy atom. The van der Waals surface area contributed by atoms with Crippen LogP contribution in [0.1, 0.15) is 129 Å². The molecule has 0 spiro atoms. The van der Waals surface area contributed by atoms with Crippen molar-refractivity contribution in [3.63, 3.8) is 0 Å². The first-order valence-corrected chi connectivity index (χ1v) is 13.4. The van der Waals surface area contributed by atoms with Gasteiger partial charge in [-0.2, -0.15) is 0 Å².